The van der Waals surface area contributed by atoms with Gasteiger partial charge in [-0.1, -0.05) is 31.9 Å². The molecular weight excluding hydrogens is 384 g/mol. The molecule has 0 heterocycles. The molecule has 0 aliphatic heterocycles. The van der Waals surface area contributed by atoms with Gasteiger partial charge in [0.05, 0.1) is 22.7 Å². The van der Waals surface area contributed by atoms with Crippen LogP contribution in [0.5, 0.6) is 0 Å². The number of anilines is 4. The molecule has 8 N–H and O–H groups in total. The van der Waals surface area contributed by atoms with E-state index < -0.39 is 0 Å². The monoisotopic (exact) mass is 400 g/mol. The Hall–Kier alpha value is -1.40. The van der Waals surface area contributed by atoms with E-state index in [2.05, 4.69) is 31.9 Å². The van der Waals surface area contributed by atoms with E-state index in [4.69, 9.17) is 22.9 Å². The first kappa shape index (κ1) is 16.7. The fourth-order valence-corrected chi connectivity index (χ4v) is 2.74. The average Bonchev–Trinajstić information content (AvgIpc) is 2.33. The minimum Gasteiger partial charge on any atom is -0.397 e. The van der Waals surface area contributed by atoms with Crippen LogP contribution >= 0.6 is 31.9 Å². The molecule has 0 fully saturated rings. The van der Waals surface area contributed by atoms with E-state index in [1.54, 1.807) is 12.1 Å². The second-order valence-electron chi connectivity index (χ2n) is 4.45. The van der Waals surface area contributed by atoms with E-state index in [0.717, 1.165) is 20.1 Å². The van der Waals surface area contributed by atoms with Crippen molar-refractivity contribution in [3.63, 3.8) is 0 Å². The summed E-state index contributed by atoms with van der Waals surface area (Å²) < 4.78 is 1.94. The third-order valence-electron chi connectivity index (χ3n) is 2.77. The van der Waals surface area contributed by atoms with Crippen LogP contribution in [0.15, 0.2) is 33.2 Å². The Balaban J connectivity index is 0.000000200. The standard InChI is InChI=1S/2C7H9BrN2/c2*1-4-2-5(8)3-6(9)7(4)10/h2*2-3H,9-10H2,1H3. The van der Waals surface area contributed by atoms with E-state index in [1.165, 1.54) is 0 Å². The van der Waals surface area contributed by atoms with Crippen LogP contribution in [0.2, 0.25) is 0 Å². The zero-order chi connectivity index (χ0) is 15.4. The third kappa shape index (κ3) is 4.31. The summed E-state index contributed by atoms with van der Waals surface area (Å²) in [5.74, 6) is 0. The molecule has 0 amide bonds. The first-order valence-electron chi connectivity index (χ1n) is 5.84. The molecule has 0 aromatic heterocycles. The fraction of sp³-hybridized carbons (Fsp3) is 0.143. The molecule has 0 unspecified atom stereocenters. The van der Waals surface area contributed by atoms with Gasteiger partial charge in [0.25, 0.3) is 0 Å². The largest absolute Gasteiger partial charge is 0.397 e. The summed E-state index contributed by atoms with van der Waals surface area (Å²) in [5, 5.41) is 0. The lowest BCUT2D eigenvalue weighted by Gasteiger charge is -2.03. The van der Waals surface area contributed by atoms with Crippen molar-refractivity contribution in [3.05, 3.63) is 44.3 Å². The summed E-state index contributed by atoms with van der Waals surface area (Å²) in [7, 11) is 0. The number of rotatable bonds is 0. The highest BCUT2D eigenvalue weighted by molar-refractivity contribution is 9.10. The molecule has 0 atom stereocenters. The van der Waals surface area contributed by atoms with Crippen LogP contribution < -0.4 is 22.9 Å². The molecule has 6 heteroatoms. The zero-order valence-electron chi connectivity index (χ0n) is 11.4. The number of nitrogen functional groups attached to an aromatic ring is 4. The van der Waals surface area contributed by atoms with E-state index in [-0.39, 0.29) is 0 Å². The highest BCUT2D eigenvalue weighted by Gasteiger charge is 1.99. The van der Waals surface area contributed by atoms with Crippen molar-refractivity contribution >= 4 is 54.6 Å². The molecule has 20 heavy (non-hydrogen) atoms. The molecule has 0 bridgehead atoms. The SMILES string of the molecule is Cc1cc(Br)cc(N)c1N.Cc1cc(Br)cc(N)c1N. The minimum absolute atomic E-state index is 0.631. The van der Waals surface area contributed by atoms with Gasteiger partial charge >= 0.3 is 0 Å². The van der Waals surface area contributed by atoms with Crippen LogP contribution in [0, 0.1) is 13.8 Å². The average molecular weight is 402 g/mol. The maximum absolute atomic E-state index is 5.60. The van der Waals surface area contributed by atoms with Gasteiger partial charge in [-0.25, -0.2) is 0 Å². The smallest absolute Gasteiger partial charge is 0.0578 e. The Morgan fingerprint density at radius 3 is 1.20 bits per heavy atom. The van der Waals surface area contributed by atoms with E-state index in [9.17, 15) is 0 Å². The van der Waals surface area contributed by atoms with Crippen LogP contribution in [-0.4, -0.2) is 0 Å². The summed E-state index contributed by atoms with van der Waals surface area (Å²) in [6, 6.07) is 7.46. The number of hydrogen-bond donors (Lipinski definition) is 4. The lowest BCUT2D eigenvalue weighted by atomic mass is 10.2. The number of nitrogens with two attached hydrogens (primary N) is 4. The zero-order valence-corrected chi connectivity index (χ0v) is 14.5. The molecule has 108 valence electrons. The van der Waals surface area contributed by atoms with Gasteiger partial charge < -0.3 is 22.9 Å². The number of hydrogen-bond acceptors (Lipinski definition) is 4. The molecule has 2 rings (SSSR count). The van der Waals surface area contributed by atoms with Crippen LogP contribution in [0.1, 0.15) is 11.1 Å². The Kier molecular flexibility index (Phi) is 5.71. The molecule has 0 spiro atoms. The highest BCUT2D eigenvalue weighted by Crippen LogP contribution is 2.25. The summed E-state index contributed by atoms with van der Waals surface area (Å²) in [4.78, 5) is 0. The van der Waals surface area contributed by atoms with Gasteiger partial charge in [0, 0.05) is 8.95 Å². The molecule has 0 saturated carbocycles. The fourth-order valence-electron chi connectivity index (χ4n) is 1.56. The molecule has 0 radical (unpaired) electrons. The lowest BCUT2D eigenvalue weighted by Crippen LogP contribution is -1.96. The number of benzene rings is 2. The van der Waals surface area contributed by atoms with E-state index in [1.807, 2.05) is 26.0 Å². The minimum atomic E-state index is 0.631. The topological polar surface area (TPSA) is 104 Å². The van der Waals surface area contributed by atoms with Crippen molar-refractivity contribution < 1.29 is 0 Å². The summed E-state index contributed by atoms with van der Waals surface area (Å²) in [5.41, 5.74) is 27.0. The van der Waals surface area contributed by atoms with Crippen LogP contribution in [0.4, 0.5) is 22.7 Å². The highest BCUT2D eigenvalue weighted by atomic mass is 79.9. The molecular formula is C14H18Br2N4. The molecule has 0 aliphatic rings. The van der Waals surface area contributed by atoms with Crippen LogP contribution in [0.3, 0.4) is 0 Å². The quantitative estimate of drug-likeness (QED) is 0.503. The number of aryl methyl sites for hydroxylation is 2. The van der Waals surface area contributed by atoms with E-state index in [0.29, 0.717) is 22.7 Å². The Labute approximate surface area is 135 Å². The molecule has 2 aromatic carbocycles. The molecule has 0 aliphatic carbocycles. The molecule has 0 saturated heterocycles. The van der Waals surface area contributed by atoms with Gasteiger partial charge in [0.1, 0.15) is 0 Å². The van der Waals surface area contributed by atoms with Crippen molar-refractivity contribution in [2.24, 2.45) is 0 Å². The second-order valence-corrected chi connectivity index (χ2v) is 6.28. The lowest BCUT2D eigenvalue weighted by molar-refractivity contribution is 1.45. The maximum Gasteiger partial charge on any atom is 0.0578 e. The van der Waals surface area contributed by atoms with Crippen molar-refractivity contribution in [3.8, 4) is 0 Å². The first-order chi connectivity index (χ1) is 9.22. The van der Waals surface area contributed by atoms with Gasteiger partial charge in [0.15, 0.2) is 0 Å². The van der Waals surface area contributed by atoms with Crippen molar-refractivity contribution in [1.29, 1.82) is 0 Å². The van der Waals surface area contributed by atoms with Gasteiger partial charge in [-0.15, -0.1) is 0 Å². The van der Waals surface area contributed by atoms with Gasteiger partial charge in [0.2, 0.25) is 0 Å². The normalized spacial score (nSPS) is 9.80. The third-order valence-corrected chi connectivity index (χ3v) is 3.68. The Morgan fingerprint density at radius 1 is 0.650 bits per heavy atom. The van der Waals surface area contributed by atoms with Crippen molar-refractivity contribution in [2.75, 3.05) is 22.9 Å². The van der Waals surface area contributed by atoms with Crippen LogP contribution in [-0.2, 0) is 0 Å². The summed E-state index contributed by atoms with van der Waals surface area (Å²) >= 11 is 6.62. The predicted molar refractivity (Wildman–Crippen MR) is 95.4 cm³/mol. The Bertz CT molecular complexity index is 525. The van der Waals surface area contributed by atoms with Gasteiger partial charge in [-0.2, -0.15) is 0 Å². The second kappa shape index (κ2) is 6.85. The Morgan fingerprint density at radius 2 is 0.950 bits per heavy atom. The first-order valence-corrected chi connectivity index (χ1v) is 7.43. The van der Waals surface area contributed by atoms with Crippen LogP contribution in [0.25, 0.3) is 0 Å². The van der Waals surface area contributed by atoms with E-state index >= 15 is 0 Å². The maximum atomic E-state index is 5.60. The van der Waals surface area contributed by atoms with Gasteiger partial charge in [-0.3, -0.25) is 0 Å². The summed E-state index contributed by atoms with van der Waals surface area (Å²) in [6.07, 6.45) is 0. The van der Waals surface area contributed by atoms with Crippen molar-refractivity contribution in [2.45, 2.75) is 13.8 Å². The molecule has 4 nitrogen and oxygen atoms in total. The number of halogens is 2. The van der Waals surface area contributed by atoms with Crippen molar-refractivity contribution in [1.82, 2.24) is 0 Å². The molecule has 2 aromatic rings. The summed E-state index contributed by atoms with van der Waals surface area (Å²) in [6.45, 7) is 3.85. The predicted octanol–water partition coefficient (Wildman–Crippen LogP) is 3.84. The van der Waals surface area contributed by atoms with Gasteiger partial charge in [-0.05, 0) is 49.2 Å².